The van der Waals surface area contributed by atoms with Gasteiger partial charge in [-0.2, -0.15) is 0 Å². The fraction of sp³-hybridized carbons (Fsp3) is 1.00. The Bertz CT molecular complexity index is 228. The molecule has 1 aliphatic heterocycles. The Balaban J connectivity index is 2.91. The van der Waals surface area contributed by atoms with Crippen LogP contribution in [0.1, 0.15) is 40.5 Å². The lowest BCUT2D eigenvalue weighted by Crippen LogP contribution is -2.63. The number of rotatable bonds is 5. The third kappa shape index (κ3) is 3.01. The first-order valence-electron chi connectivity index (χ1n) is 6.96. The number of hydrogen-bond donors (Lipinski definition) is 1. The number of piperidine rings is 1. The highest BCUT2D eigenvalue weighted by atomic mass is 16.5. The summed E-state index contributed by atoms with van der Waals surface area (Å²) < 4.78 is 5.44. The van der Waals surface area contributed by atoms with Crippen LogP contribution in [-0.2, 0) is 4.74 Å². The van der Waals surface area contributed by atoms with Gasteiger partial charge in [-0.3, -0.25) is 4.90 Å². The molecular formula is C14H30N2O. The second-order valence-electron chi connectivity index (χ2n) is 5.93. The van der Waals surface area contributed by atoms with Crippen LogP contribution in [0.4, 0.5) is 0 Å². The van der Waals surface area contributed by atoms with Crippen LogP contribution in [0.5, 0.6) is 0 Å². The fourth-order valence-corrected chi connectivity index (χ4v) is 3.32. The molecule has 102 valence electrons. The van der Waals surface area contributed by atoms with Crippen molar-refractivity contribution in [3.63, 3.8) is 0 Å². The van der Waals surface area contributed by atoms with E-state index >= 15 is 0 Å². The molecule has 0 aliphatic carbocycles. The van der Waals surface area contributed by atoms with Gasteiger partial charge >= 0.3 is 0 Å². The SMILES string of the molecule is CCC(CN)(COC)N1CC(C)CC(C)C1C. The monoisotopic (exact) mass is 242 g/mol. The van der Waals surface area contributed by atoms with E-state index in [1.54, 1.807) is 7.11 Å². The number of hydrogen-bond acceptors (Lipinski definition) is 3. The predicted molar refractivity (Wildman–Crippen MR) is 73.1 cm³/mol. The van der Waals surface area contributed by atoms with Crippen LogP contribution in [0.3, 0.4) is 0 Å². The van der Waals surface area contributed by atoms with Crippen LogP contribution < -0.4 is 5.73 Å². The number of ether oxygens (including phenoxy) is 1. The normalized spacial score (nSPS) is 34.6. The molecule has 0 aromatic heterocycles. The molecule has 0 saturated carbocycles. The van der Waals surface area contributed by atoms with E-state index in [1.807, 2.05) is 0 Å². The first-order chi connectivity index (χ1) is 8.00. The summed E-state index contributed by atoms with van der Waals surface area (Å²) in [5.41, 5.74) is 6.09. The summed E-state index contributed by atoms with van der Waals surface area (Å²) in [6.07, 6.45) is 2.39. The van der Waals surface area contributed by atoms with E-state index in [2.05, 4.69) is 32.6 Å². The van der Waals surface area contributed by atoms with Gasteiger partial charge in [0.2, 0.25) is 0 Å². The minimum absolute atomic E-state index is 0.0249. The van der Waals surface area contributed by atoms with E-state index in [0.29, 0.717) is 12.6 Å². The van der Waals surface area contributed by atoms with Crippen molar-refractivity contribution >= 4 is 0 Å². The molecule has 1 fully saturated rings. The zero-order valence-corrected chi connectivity index (χ0v) is 12.2. The molecule has 17 heavy (non-hydrogen) atoms. The van der Waals surface area contributed by atoms with Gasteiger partial charge in [-0.25, -0.2) is 0 Å². The first kappa shape index (κ1) is 14.9. The summed E-state index contributed by atoms with van der Waals surface area (Å²) in [6, 6.07) is 0.602. The summed E-state index contributed by atoms with van der Waals surface area (Å²) in [5, 5.41) is 0. The Morgan fingerprint density at radius 3 is 2.47 bits per heavy atom. The summed E-state index contributed by atoms with van der Waals surface area (Å²) in [7, 11) is 1.78. The second kappa shape index (κ2) is 6.17. The molecule has 0 aromatic carbocycles. The van der Waals surface area contributed by atoms with Crippen LogP contribution in [0, 0.1) is 11.8 Å². The maximum Gasteiger partial charge on any atom is 0.0659 e. The van der Waals surface area contributed by atoms with Crippen LogP contribution in [0.2, 0.25) is 0 Å². The molecule has 4 unspecified atom stereocenters. The Morgan fingerprint density at radius 1 is 1.35 bits per heavy atom. The van der Waals surface area contributed by atoms with Gasteiger partial charge in [-0.1, -0.05) is 20.8 Å². The summed E-state index contributed by atoms with van der Waals surface area (Å²) in [4.78, 5) is 2.61. The van der Waals surface area contributed by atoms with E-state index < -0.39 is 0 Å². The van der Waals surface area contributed by atoms with Gasteiger partial charge in [0.15, 0.2) is 0 Å². The highest BCUT2D eigenvalue weighted by Gasteiger charge is 2.41. The number of likely N-dealkylation sites (tertiary alicyclic amines) is 1. The molecule has 2 N–H and O–H groups in total. The lowest BCUT2D eigenvalue weighted by Gasteiger charge is -2.51. The van der Waals surface area contributed by atoms with E-state index in [0.717, 1.165) is 31.4 Å². The van der Waals surface area contributed by atoms with Crippen molar-refractivity contribution in [1.29, 1.82) is 0 Å². The lowest BCUT2D eigenvalue weighted by atomic mass is 9.81. The smallest absolute Gasteiger partial charge is 0.0659 e. The molecule has 0 radical (unpaired) electrons. The van der Waals surface area contributed by atoms with Crippen LogP contribution in [0.25, 0.3) is 0 Å². The van der Waals surface area contributed by atoms with Gasteiger partial charge in [-0.05, 0) is 31.6 Å². The Morgan fingerprint density at radius 2 is 2.00 bits per heavy atom. The van der Waals surface area contributed by atoms with Crippen molar-refractivity contribution in [2.75, 3.05) is 26.8 Å². The van der Waals surface area contributed by atoms with Crippen LogP contribution in [0.15, 0.2) is 0 Å². The highest BCUT2D eigenvalue weighted by molar-refractivity contribution is 4.97. The highest BCUT2D eigenvalue weighted by Crippen LogP contribution is 2.33. The Kier molecular flexibility index (Phi) is 5.42. The standard InChI is InChI=1S/C14H30N2O/c1-6-14(9-15,10-17-5)16-8-11(2)7-12(3)13(16)4/h11-13H,6-10,15H2,1-5H3. The molecule has 0 bridgehead atoms. The summed E-state index contributed by atoms with van der Waals surface area (Å²) >= 11 is 0. The zero-order chi connectivity index (χ0) is 13.1. The maximum atomic E-state index is 6.07. The molecular weight excluding hydrogens is 212 g/mol. The molecule has 1 heterocycles. The van der Waals surface area contributed by atoms with Crippen molar-refractivity contribution < 1.29 is 4.74 Å². The van der Waals surface area contributed by atoms with E-state index in [4.69, 9.17) is 10.5 Å². The molecule has 0 aromatic rings. The molecule has 1 aliphatic rings. The number of methoxy groups -OCH3 is 1. The average molecular weight is 242 g/mol. The maximum absolute atomic E-state index is 6.07. The van der Waals surface area contributed by atoms with Crippen molar-refractivity contribution in [2.24, 2.45) is 17.6 Å². The van der Waals surface area contributed by atoms with Crippen molar-refractivity contribution in [3.8, 4) is 0 Å². The lowest BCUT2D eigenvalue weighted by molar-refractivity contribution is -0.0546. The Hall–Kier alpha value is -0.120. The molecule has 1 rings (SSSR count). The summed E-state index contributed by atoms with van der Waals surface area (Å²) in [5.74, 6) is 1.50. The molecule has 1 saturated heterocycles. The van der Waals surface area contributed by atoms with Crippen LogP contribution in [-0.4, -0.2) is 43.3 Å². The minimum Gasteiger partial charge on any atom is -0.383 e. The van der Waals surface area contributed by atoms with Gasteiger partial charge < -0.3 is 10.5 Å². The Labute approximate surface area is 107 Å². The third-order valence-corrected chi connectivity index (χ3v) is 4.66. The predicted octanol–water partition coefficient (Wildman–Crippen LogP) is 2.11. The van der Waals surface area contributed by atoms with Crippen molar-refractivity contribution in [2.45, 2.75) is 52.1 Å². The van der Waals surface area contributed by atoms with Gasteiger partial charge in [0, 0.05) is 26.2 Å². The van der Waals surface area contributed by atoms with Crippen molar-refractivity contribution in [3.05, 3.63) is 0 Å². The molecule has 3 nitrogen and oxygen atoms in total. The third-order valence-electron chi connectivity index (χ3n) is 4.66. The molecule has 4 atom stereocenters. The van der Waals surface area contributed by atoms with E-state index in [-0.39, 0.29) is 5.54 Å². The molecule has 0 amide bonds. The van der Waals surface area contributed by atoms with Gasteiger partial charge in [0.1, 0.15) is 0 Å². The molecule has 3 heteroatoms. The average Bonchev–Trinajstić information content (AvgIpc) is 2.31. The number of nitrogens with two attached hydrogens (primary N) is 1. The quantitative estimate of drug-likeness (QED) is 0.802. The van der Waals surface area contributed by atoms with Gasteiger partial charge in [0.25, 0.3) is 0 Å². The first-order valence-corrected chi connectivity index (χ1v) is 6.96. The van der Waals surface area contributed by atoms with Crippen molar-refractivity contribution in [1.82, 2.24) is 4.90 Å². The second-order valence-corrected chi connectivity index (χ2v) is 5.93. The molecule has 0 spiro atoms. The van der Waals surface area contributed by atoms with Crippen LogP contribution >= 0.6 is 0 Å². The minimum atomic E-state index is 0.0249. The van der Waals surface area contributed by atoms with E-state index in [1.165, 1.54) is 6.42 Å². The topological polar surface area (TPSA) is 38.5 Å². The number of nitrogens with zero attached hydrogens (tertiary/aromatic N) is 1. The largest absolute Gasteiger partial charge is 0.383 e. The van der Waals surface area contributed by atoms with Gasteiger partial charge in [-0.15, -0.1) is 0 Å². The summed E-state index contributed by atoms with van der Waals surface area (Å²) in [6.45, 7) is 11.8. The fourth-order valence-electron chi connectivity index (χ4n) is 3.32. The van der Waals surface area contributed by atoms with E-state index in [9.17, 15) is 0 Å². The zero-order valence-electron chi connectivity index (χ0n) is 12.2. The van der Waals surface area contributed by atoms with Gasteiger partial charge in [0.05, 0.1) is 12.1 Å².